The third-order valence-electron chi connectivity index (χ3n) is 3.05. The van der Waals surface area contributed by atoms with Crippen molar-refractivity contribution < 1.29 is 9.90 Å². The number of amides is 1. The molecule has 4 nitrogen and oxygen atoms in total. The van der Waals surface area contributed by atoms with Crippen LogP contribution in [0, 0.1) is 0 Å². The fourth-order valence-electron chi connectivity index (χ4n) is 1.83. The Morgan fingerprint density at radius 2 is 1.72 bits per heavy atom. The molecule has 0 radical (unpaired) electrons. The number of carbonyl (C=O) groups excluding carboxylic acids is 1. The van der Waals surface area contributed by atoms with Crippen LogP contribution in [0.5, 0.6) is 0 Å². The van der Waals surface area contributed by atoms with E-state index >= 15 is 0 Å². The van der Waals surface area contributed by atoms with Gasteiger partial charge in [0, 0.05) is 25.8 Å². The van der Waals surface area contributed by atoms with E-state index in [2.05, 4.69) is 0 Å². The number of hydrogen-bond acceptors (Lipinski definition) is 3. The molecule has 1 aromatic carbocycles. The highest BCUT2D eigenvalue weighted by atomic mass is 16.3. The van der Waals surface area contributed by atoms with Crippen LogP contribution in [0.25, 0.3) is 0 Å². The maximum atomic E-state index is 12.0. The maximum Gasteiger partial charge on any atom is 0.242 e. The van der Waals surface area contributed by atoms with Crippen LogP contribution in [0.2, 0.25) is 0 Å². The monoisotopic (exact) mass is 250 g/mol. The van der Waals surface area contributed by atoms with Crippen molar-refractivity contribution >= 4 is 11.6 Å². The molecule has 1 aromatic rings. The molecule has 0 aliphatic heterocycles. The summed E-state index contributed by atoms with van der Waals surface area (Å²) in [5, 5.41) is 8.97. The molecule has 0 saturated carbocycles. The number of likely N-dealkylation sites (N-methyl/N-ethyl adjacent to an activating group) is 2. The Balaban J connectivity index is 2.63. The first-order chi connectivity index (χ1) is 8.62. The van der Waals surface area contributed by atoms with Crippen molar-refractivity contribution in [3.05, 3.63) is 29.8 Å². The summed E-state index contributed by atoms with van der Waals surface area (Å²) in [4.78, 5) is 15.7. The highest BCUT2D eigenvalue weighted by molar-refractivity contribution is 5.81. The minimum atomic E-state index is 0.0440. The molecule has 4 heteroatoms. The average Bonchev–Trinajstić information content (AvgIpc) is 2.40. The van der Waals surface area contributed by atoms with Gasteiger partial charge in [0.05, 0.1) is 13.2 Å². The first-order valence-corrected chi connectivity index (χ1v) is 6.31. The van der Waals surface area contributed by atoms with Gasteiger partial charge in [-0.25, -0.2) is 0 Å². The van der Waals surface area contributed by atoms with Crippen molar-refractivity contribution in [3.8, 4) is 0 Å². The van der Waals surface area contributed by atoms with Crippen LogP contribution in [-0.2, 0) is 11.4 Å². The largest absolute Gasteiger partial charge is 0.392 e. The van der Waals surface area contributed by atoms with Gasteiger partial charge < -0.3 is 14.9 Å². The fraction of sp³-hybridized carbons (Fsp3) is 0.500. The van der Waals surface area contributed by atoms with Gasteiger partial charge in [-0.15, -0.1) is 0 Å². The van der Waals surface area contributed by atoms with Crippen LogP contribution in [0.3, 0.4) is 0 Å². The first kappa shape index (κ1) is 14.5. The minimum Gasteiger partial charge on any atom is -0.392 e. The van der Waals surface area contributed by atoms with Crippen LogP contribution in [0.4, 0.5) is 5.69 Å². The fourth-order valence-corrected chi connectivity index (χ4v) is 1.83. The first-order valence-electron chi connectivity index (χ1n) is 6.31. The highest BCUT2D eigenvalue weighted by Gasteiger charge is 2.12. The molecular formula is C14H22N2O2. The van der Waals surface area contributed by atoms with E-state index in [1.807, 2.05) is 55.0 Å². The second-order valence-electron chi connectivity index (χ2n) is 4.25. The van der Waals surface area contributed by atoms with E-state index in [-0.39, 0.29) is 12.5 Å². The number of aliphatic hydroxyl groups excluding tert-OH is 1. The number of rotatable bonds is 6. The van der Waals surface area contributed by atoms with E-state index in [4.69, 9.17) is 5.11 Å². The number of nitrogens with zero attached hydrogens (tertiary/aromatic N) is 2. The predicted octanol–water partition coefficient (Wildman–Crippen LogP) is 1.48. The van der Waals surface area contributed by atoms with Gasteiger partial charge in [-0.1, -0.05) is 12.1 Å². The average molecular weight is 250 g/mol. The van der Waals surface area contributed by atoms with Crippen LogP contribution >= 0.6 is 0 Å². The smallest absolute Gasteiger partial charge is 0.242 e. The zero-order valence-electron chi connectivity index (χ0n) is 11.4. The van der Waals surface area contributed by atoms with E-state index in [1.54, 1.807) is 0 Å². The maximum absolute atomic E-state index is 12.0. The molecule has 0 spiro atoms. The Labute approximate surface area is 109 Å². The Morgan fingerprint density at radius 1 is 1.17 bits per heavy atom. The van der Waals surface area contributed by atoms with Gasteiger partial charge in [-0.2, -0.15) is 0 Å². The van der Waals surface area contributed by atoms with Crippen molar-refractivity contribution in [2.24, 2.45) is 0 Å². The molecule has 0 aromatic heterocycles. The molecule has 0 bridgehead atoms. The molecule has 1 rings (SSSR count). The van der Waals surface area contributed by atoms with Crippen LogP contribution < -0.4 is 4.90 Å². The summed E-state index contributed by atoms with van der Waals surface area (Å²) in [6, 6.07) is 7.57. The number of anilines is 1. The predicted molar refractivity (Wildman–Crippen MR) is 73.6 cm³/mol. The lowest BCUT2D eigenvalue weighted by Crippen LogP contribution is -2.38. The van der Waals surface area contributed by atoms with Gasteiger partial charge in [0.2, 0.25) is 5.91 Å². The molecule has 18 heavy (non-hydrogen) atoms. The summed E-state index contributed by atoms with van der Waals surface area (Å²) < 4.78 is 0. The number of aliphatic hydroxyl groups is 1. The summed E-state index contributed by atoms with van der Waals surface area (Å²) in [5.41, 5.74) is 1.86. The summed E-state index contributed by atoms with van der Waals surface area (Å²) in [5.74, 6) is 0.133. The lowest BCUT2D eigenvalue weighted by atomic mass is 10.2. The molecule has 1 amide bonds. The number of hydrogen-bond donors (Lipinski definition) is 1. The van der Waals surface area contributed by atoms with Gasteiger partial charge in [0.25, 0.3) is 0 Å². The van der Waals surface area contributed by atoms with Gasteiger partial charge in [-0.3, -0.25) is 4.79 Å². The van der Waals surface area contributed by atoms with E-state index in [0.717, 1.165) is 24.3 Å². The second-order valence-corrected chi connectivity index (χ2v) is 4.25. The normalized spacial score (nSPS) is 10.2. The molecule has 0 atom stereocenters. The minimum absolute atomic E-state index is 0.0440. The quantitative estimate of drug-likeness (QED) is 0.831. The number of carbonyl (C=O) groups is 1. The van der Waals surface area contributed by atoms with E-state index < -0.39 is 0 Å². The zero-order valence-corrected chi connectivity index (χ0v) is 11.4. The standard InChI is InChI=1S/C14H22N2O2/c1-4-16(5-2)14(18)10-15(3)13-8-6-12(11-17)7-9-13/h6-9,17H,4-5,10-11H2,1-3H3. The van der Waals surface area contributed by atoms with Crippen LogP contribution in [0.1, 0.15) is 19.4 Å². The number of benzene rings is 1. The third-order valence-corrected chi connectivity index (χ3v) is 3.05. The van der Waals surface area contributed by atoms with E-state index in [1.165, 1.54) is 0 Å². The Morgan fingerprint density at radius 3 is 2.17 bits per heavy atom. The summed E-state index contributed by atoms with van der Waals surface area (Å²) >= 11 is 0. The van der Waals surface area contributed by atoms with Crippen LogP contribution in [-0.4, -0.2) is 42.6 Å². The molecule has 0 unspecified atom stereocenters. The molecule has 0 fully saturated rings. The van der Waals surface area contributed by atoms with Gasteiger partial charge in [-0.05, 0) is 31.5 Å². The highest BCUT2D eigenvalue weighted by Crippen LogP contribution is 2.13. The van der Waals surface area contributed by atoms with Crippen molar-refractivity contribution in [2.75, 3.05) is 31.6 Å². The molecule has 0 saturated heterocycles. The second kappa shape index (κ2) is 7.01. The van der Waals surface area contributed by atoms with Crippen molar-refractivity contribution in [3.63, 3.8) is 0 Å². The van der Waals surface area contributed by atoms with E-state index in [9.17, 15) is 4.79 Å². The Bertz CT molecular complexity index is 372. The summed E-state index contributed by atoms with van der Waals surface area (Å²) in [6.45, 7) is 5.87. The SMILES string of the molecule is CCN(CC)C(=O)CN(C)c1ccc(CO)cc1. The molecule has 0 aliphatic carbocycles. The molecule has 0 heterocycles. The molecule has 1 N–H and O–H groups in total. The Hall–Kier alpha value is -1.55. The Kier molecular flexibility index (Phi) is 5.65. The lowest BCUT2D eigenvalue weighted by molar-refractivity contribution is -0.129. The summed E-state index contributed by atoms with van der Waals surface area (Å²) in [6.07, 6.45) is 0. The van der Waals surface area contributed by atoms with Gasteiger partial charge in [0.15, 0.2) is 0 Å². The van der Waals surface area contributed by atoms with Crippen molar-refractivity contribution in [1.29, 1.82) is 0 Å². The summed E-state index contributed by atoms with van der Waals surface area (Å²) in [7, 11) is 1.90. The van der Waals surface area contributed by atoms with Crippen molar-refractivity contribution in [2.45, 2.75) is 20.5 Å². The molecule has 0 aliphatic rings. The third kappa shape index (κ3) is 3.74. The van der Waals surface area contributed by atoms with Crippen LogP contribution in [0.15, 0.2) is 24.3 Å². The van der Waals surface area contributed by atoms with E-state index in [0.29, 0.717) is 6.54 Å². The molecular weight excluding hydrogens is 228 g/mol. The van der Waals surface area contributed by atoms with Crippen molar-refractivity contribution in [1.82, 2.24) is 4.90 Å². The zero-order chi connectivity index (χ0) is 13.5. The topological polar surface area (TPSA) is 43.8 Å². The lowest BCUT2D eigenvalue weighted by Gasteiger charge is -2.24. The van der Waals surface area contributed by atoms with Gasteiger partial charge >= 0.3 is 0 Å². The molecule has 100 valence electrons. The van der Waals surface area contributed by atoms with Gasteiger partial charge in [0.1, 0.15) is 0 Å².